The summed E-state index contributed by atoms with van der Waals surface area (Å²) in [6, 6.07) is 8.62. The Labute approximate surface area is 161 Å². The van der Waals surface area contributed by atoms with Crippen LogP contribution in [0, 0.1) is 25.2 Å². The first-order chi connectivity index (χ1) is 13.4. The van der Waals surface area contributed by atoms with Crippen molar-refractivity contribution < 1.29 is 14.3 Å². The van der Waals surface area contributed by atoms with E-state index in [9.17, 15) is 10.1 Å². The Morgan fingerprint density at radius 2 is 1.68 bits per heavy atom. The molecule has 3 rings (SSSR count). The second kappa shape index (κ2) is 7.75. The highest BCUT2D eigenvalue weighted by atomic mass is 16.5. The number of aromatic nitrogens is 4. The number of rotatable bonds is 5. The number of aryl methyl sites for hydroxylation is 2. The molecule has 0 aliphatic carbocycles. The molecule has 0 bridgehead atoms. The van der Waals surface area contributed by atoms with Crippen molar-refractivity contribution in [2.45, 2.75) is 13.8 Å². The van der Waals surface area contributed by atoms with Crippen molar-refractivity contribution in [2.24, 2.45) is 0 Å². The number of hydrogen-bond acceptors (Lipinski definition) is 7. The van der Waals surface area contributed by atoms with Crippen LogP contribution >= 0.6 is 0 Å². The molecule has 0 atom stereocenters. The Kier molecular flexibility index (Phi) is 5.22. The molecule has 9 nitrogen and oxygen atoms in total. The first-order valence-corrected chi connectivity index (χ1v) is 8.30. The van der Waals surface area contributed by atoms with Crippen LogP contribution in [0.2, 0.25) is 0 Å². The van der Waals surface area contributed by atoms with Gasteiger partial charge in [-0.1, -0.05) is 0 Å². The maximum atomic E-state index is 12.8. The van der Waals surface area contributed by atoms with Crippen LogP contribution in [0.3, 0.4) is 0 Å². The predicted molar refractivity (Wildman–Crippen MR) is 101 cm³/mol. The Balaban J connectivity index is 2.02. The van der Waals surface area contributed by atoms with Gasteiger partial charge in [-0.15, -0.1) is 0 Å². The summed E-state index contributed by atoms with van der Waals surface area (Å²) >= 11 is 0. The predicted octanol–water partition coefficient (Wildman–Crippen LogP) is 2.42. The van der Waals surface area contributed by atoms with E-state index in [2.05, 4.69) is 20.4 Å². The van der Waals surface area contributed by atoms with Gasteiger partial charge in [0.15, 0.2) is 5.82 Å². The molecule has 1 amide bonds. The summed E-state index contributed by atoms with van der Waals surface area (Å²) in [5.41, 5.74) is 1.97. The zero-order chi connectivity index (χ0) is 20.3. The summed E-state index contributed by atoms with van der Waals surface area (Å²) in [4.78, 5) is 21.5. The number of nitriles is 1. The fourth-order valence-electron chi connectivity index (χ4n) is 2.62. The van der Waals surface area contributed by atoms with Gasteiger partial charge in [0.2, 0.25) is 0 Å². The molecule has 0 fully saturated rings. The van der Waals surface area contributed by atoms with Gasteiger partial charge in [0, 0.05) is 23.0 Å². The third-order valence-electron chi connectivity index (χ3n) is 3.90. The molecule has 0 saturated heterocycles. The second-order valence-electron chi connectivity index (χ2n) is 5.94. The zero-order valence-electron chi connectivity index (χ0n) is 15.8. The topological polar surface area (TPSA) is 115 Å². The second-order valence-corrected chi connectivity index (χ2v) is 5.94. The van der Waals surface area contributed by atoms with E-state index in [1.807, 2.05) is 26.0 Å². The van der Waals surface area contributed by atoms with Gasteiger partial charge >= 0.3 is 0 Å². The van der Waals surface area contributed by atoms with Gasteiger partial charge < -0.3 is 14.8 Å². The quantitative estimate of drug-likeness (QED) is 0.725. The molecule has 0 saturated carbocycles. The van der Waals surface area contributed by atoms with Crippen LogP contribution in [-0.2, 0) is 0 Å². The number of carbonyl (C=O) groups excluding carboxylic acids is 1. The van der Waals surface area contributed by atoms with Crippen molar-refractivity contribution in [2.75, 3.05) is 19.5 Å². The molecule has 142 valence electrons. The first kappa shape index (κ1) is 18.8. The van der Waals surface area contributed by atoms with Crippen molar-refractivity contribution in [3.8, 4) is 23.5 Å². The fourth-order valence-corrected chi connectivity index (χ4v) is 2.62. The molecular formula is C19H18N6O3. The van der Waals surface area contributed by atoms with Gasteiger partial charge in [0.1, 0.15) is 23.1 Å². The van der Waals surface area contributed by atoms with E-state index in [1.54, 1.807) is 18.2 Å². The SMILES string of the molecule is COc1cc(OC)cc(C(=O)Nc2c(C#N)cnn2-c2nc(C)cc(C)n2)c1. The summed E-state index contributed by atoms with van der Waals surface area (Å²) in [5, 5.41) is 16.3. The summed E-state index contributed by atoms with van der Waals surface area (Å²) in [5.74, 6) is 0.920. The number of carbonyl (C=O) groups is 1. The number of nitrogens with zero attached hydrogens (tertiary/aromatic N) is 5. The van der Waals surface area contributed by atoms with E-state index in [4.69, 9.17) is 9.47 Å². The molecule has 1 N–H and O–H groups in total. The van der Waals surface area contributed by atoms with E-state index in [1.165, 1.54) is 25.1 Å². The number of nitrogens with one attached hydrogen (secondary N) is 1. The first-order valence-electron chi connectivity index (χ1n) is 8.30. The standard InChI is InChI=1S/C19H18N6O3/c1-11-5-12(2)23-19(22-11)25-17(14(9-20)10-21-25)24-18(26)13-6-15(27-3)8-16(7-13)28-4/h5-8,10H,1-4H3,(H,24,26). The fraction of sp³-hybridized carbons (Fsp3) is 0.211. The van der Waals surface area contributed by atoms with E-state index < -0.39 is 5.91 Å². The molecule has 1 aromatic carbocycles. The van der Waals surface area contributed by atoms with E-state index in [-0.39, 0.29) is 17.3 Å². The maximum Gasteiger partial charge on any atom is 0.257 e. The number of ether oxygens (including phenoxy) is 2. The monoisotopic (exact) mass is 378 g/mol. The lowest BCUT2D eigenvalue weighted by molar-refractivity contribution is 0.102. The van der Waals surface area contributed by atoms with Crippen LogP contribution in [0.1, 0.15) is 27.3 Å². The number of anilines is 1. The third kappa shape index (κ3) is 3.76. The Hall–Kier alpha value is -3.93. The molecule has 2 aromatic heterocycles. The van der Waals surface area contributed by atoms with Gasteiger partial charge in [0.25, 0.3) is 11.9 Å². The van der Waals surface area contributed by atoms with Crippen LogP contribution in [0.5, 0.6) is 11.5 Å². The Morgan fingerprint density at radius 1 is 1.07 bits per heavy atom. The lowest BCUT2D eigenvalue weighted by Crippen LogP contribution is -2.17. The normalized spacial score (nSPS) is 10.2. The van der Waals surface area contributed by atoms with Crippen molar-refractivity contribution in [1.29, 1.82) is 5.26 Å². The van der Waals surface area contributed by atoms with Gasteiger partial charge in [-0.3, -0.25) is 4.79 Å². The van der Waals surface area contributed by atoms with Crippen LogP contribution < -0.4 is 14.8 Å². The van der Waals surface area contributed by atoms with Crippen LogP contribution in [-0.4, -0.2) is 39.9 Å². The number of amides is 1. The van der Waals surface area contributed by atoms with Crippen LogP contribution in [0.25, 0.3) is 5.95 Å². The average Bonchev–Trinajstić information content (AvgIpc) is 3.09. The molecular weight excluding hydrogens is 360 g/mol. The largest absolute Gasteiger partial charge is 0.497 e. The summed E-state index contributed by atoms with van der Waals surface area (Å²) in [6.07, 6.45) is 1.35. The molecule has 0 unspecified atom stereocenters. The van der Waals surface area contributed by atoms with Crippen molar-refractivity contribution >= 4 is 11.7 Å². The van der Waals surface area contributed by atoms with E-state index in [0.717, 1.165) is 11.4 Å². The highest BCUT2D eigenvalue weighted by Gasteiger charge is 2.19. The lowest BCUT2D eigenvalue weighted by Gasteiger charge is -2.11. The third-order valence-corrected chi connectivity index (χ3v) is 3.90. The molecule has 9 heteroatoms. The molecule has 2 heterocycles. The number of hydrogen-bond donors (Lipinski definition) is 1. The van der Waals surface area contributed by atoms with Crippen molar-refractivity contribution in [3.63, 3.8) is 0 Å². The van der Waals surface area contributed by atoms with Crippen LogP contribution in [0.15, 0.2) is 30.5 Å². The van der Waals surface area contributed by atoms with Gasteiger partial charge in [-0.05, 0) is 32.0 Å². The van der Waals surface area contributed by atoms with Crippen LogP contribution in [0.4, 0.5) is 5.82 Å². The number of benzene rings is 1. The van der Waals surface area contributed by atoms with E-state index in [0.29, 0.717) is 17.1 Å². The molecule has 0 aliphatic heterocycles. The highest BCUT2D eigenvalue weighted by molar-refractivity contribution is 6.05. The minimum absolute atomic E-state index is 0.180. The van der Waals surface area contributed by atoms with Gasteiger partial charge in [-0.2, -0.15) is 15.0 Å². The minimum Gasteiger partial charge on any atom is -0.497 e. The summed E-state index contributed by atoms with van der Waals surface area (Å²) in [6.45, 7) is 3.65. The molecule has 0 aliphatic rings. The molecule has 0 spiro atoms. The zero-order valence-corrected chi connectivity index (χ0v) is 15.8. The van der Waals surface area contributed by atoms with E-state index >= 15 is 0 Å². The molecule has 28 heavy (non-hydrogen) atoms. The summed E-state index contributed by atoms with van der Waals surface area (Å²) < 4.78 is 11.7. The lowest BCUT2D eigenvalue weighted by atomic mass is 10.2. The smallest absolute Gasteiger partial charge is 0.257 e. The Bertz CT molecular complexity index is 1040. The molecule has 0 radical (unpaired) electrons. The summed E-state index contributed by atoms with van der Waals surface area (Å²) in [7, 11) is 2.99. The van der Waals surface area contributed by atoms with Gasteiger partial charge in [0.05, 0.1) is 20.4 Å². The minimum atomic E-state index is -0.458. The Morgan fingerprint density at radius 3 is 2.21 bits per heavy atom. The van der Waals surface area contributed by atoms with Crippen molar-refractivity contribution in [1.82, 2.24) is 19.7 Å². The molecule has 3 aromatic rings. The average molecular weight is 378 g/mol. The maximum absolute atomic E-state index is 12.8. The van der Waals surface area contributed by atoms with Gasteiger partial charge in [-0.25, -0.2) is 9.97 Å². The van der Waals surface area contributed by atoms with Crippen molar-refractivity contribution in [3.05, 3.63) is 53.0 Å². The highest BCUT2D eigenvalue weighted by Crippen LogP contribution is 2.24. The number of methoxy groups -OCH3 is 2.